The van der Waals surface area contributed by atoms with Crippen LogP contribution in [0, 0.1) is 12.8 Å². The molecule has 148 valence electrons. The number of fused-ring (bicyclic) bond motifs is 1. The van der Waals surface area contributed by atoms with Crippen LogP contribution >= 0.6 is 0 Å². The quantitative estimate of drug-likeness (QED) is 0.821. The number of aryl methyl sites for hydroxylation is 1. The van der Waals surface area contributed by atoms with Crippen LogP contribution in [-0.2, 0) is 6.54 Å². The third-order valence-electron chi connectivity index (χ3n) is 5.63. The normalized spacial score (nSPS) is 17.6. The second-order valence-corrected chi connectivity index (χ2v) is 7.85. The Bertz CT molecular complexity index is 860. The summed E-state index contributed by atoms with van der Waals surface area (Å²) in [4.78, 5) is 16.9. The van der Waals surface area contributed by atoms with E-state index in [2.05, 4.69) is 17.1 Å². The van der Waals surface area contributed by atoms with Gasteiger partial charge in [-0.05, 0) is 55.5 Å². The number of aromatic nitrogens is 2. The zero-order valence-corrected chi connectivity index (χ0v) is 16.5. The van der Waals surface area contributed by atoms with E-state index in [1.165, 1.54) is 0 Å². The molecule has 0 aliphatic carbocycles. The number of benzene rings is 1. The second kappa shape index (κ2) is 7.66. The van der Waals surface area contributed by atoms with Gasteiger partial charge in [0.1, 0.15) is 18.2 Å². The molecule has 2 amide bonds. The standard InChI is InChI=1S/C21H27N5O2/c1-14-5-7-25(8-6-14)21(27)26-9-10-28-20-15(2)11-16(12-17(20)13-26)18-3-4-19(22)24-23-18/h3-4,11-12,14H,5-10,13H2,1-2H3,(H2,22,24). The summed E-state index contributed by atoms with van der Waals surface area (Å²) in [5.74, 6) is 1.96. The van der Waals surface area contributed by atoms with Crippen LogP contribution in [-0.4, -0.2) is 52.3 Å². The summed E-state index contributed by atoms with van der Waals surface area (Å²) in [7, 11) is 0. The molecule has 2 aliphatic heterocycles. The highest BCUT2D eigenvalue weighted by Gasteiger charge is 2.27. The van der Waals surface area contributed by atoms with Gasteiger partial charge in [0.25, 0.3) is 0 Å². The number of rotatable bonds is 1. The van der Waals surface area contributed by atoms with Crippen molar-refractivity contribution in [3.05, 3.63) is 35.4 Å². The maximum atomic E-state index is 13.1. The lowest BCUT2D eigenvalue weighted by molar-refractivity contribution is 0.129. The van der Waals surface area contributed by atoms with E-state index in [1.54, 1.807) is 6.07 Å². The van der Waals surface area contributed by atoms with Crippen molar-refractivity contribution in [1.82, 2.24) is 20.0 Å². The summed E-state index contributed by atoms with van der Waals surface area (Å²) in [5.41, 5.74) is 9.40. The molecule has 3 heterocycles. The molecule has 1 aromatic carbocycles. The highest BCUT2D eigenvalue weighted by Crippen LogP contribution is 2.32. The number of anilines is 1. The summed E-state index contributed by atoms with van der Waals surface area (Å²) < 4.78 is 6.01. The molecule has 1 saturated heterocycles. The zero-order chi connectivity index (χ0) is 19.7. The maximum absolute atomic E-state index is 13.1. The molecule has 2 N–H and O–H groups in total. The molecule has 0 bridgehead atoms. The van der Waals surface area contributed by atoms with Gasteiger partial charge in [0, 0.05) is 24.2 Å². The minimum Gasteiger partial charge on any atom is -0.491 e. The van der Waals surface area contributed by atoms with E-state index in [9.17, 15) is 4.79 Å². The van der Waals surface area contributed by atoms with Crippen LogP contribution in [0.2, 0.25) is 0 Å². The number of amides is 2. The number of hydrogen-bond donors (Lipinski definition) is 1. The Morgan fingerprint density at radius 3 is 2.64 bits per heavy atom. The van der Waals surface area contributed by atoms with E-state index < -0.39 is 0 Å². The first-order chi connectivity index (χ1) is 13.5. The van der Waals surface area contributed by atoms with Gasteiger partial charge in [-0.25, -0.2) is 4.79 Å². The Balaban J connectivity index is 1.59. The van der Waals surface area contributed by atoms with Gasteiger partial charge in [0.05, 0.1) is 18.8 Å². The van der Waals surface area contributed by atoms with Gasteiger partial charge in [0.15, 0.2) is 0 Å². The molecule has 1 aromatic heterocycles. The van der Waals surface area contributed by atoms with Gasteiger partial charge in [-0.3, -0.25) is 0 Å². The molecule has 0 saturated carbocycles. The molecule has 0 spiro atoms. The van der Waals surface area contributed by atoms with Crippen LogP contribution < -0.4 is 10.5 Å². The number of urea groups is 1. The first kappa shape index (κ1) is 18.5. The van der Waals surface area contributed by atoms with Crippen LogP contribution in [0.25, 0.3) is 11.3 Å². The van der Waals surface area contributed by atoms with Gasteiger partial charge < -0.3 is 20.3 Å². The molecule has 7 nitrogen and oxygen atoms in total. The van der Waals surface area contributed by atoms with Crippen LogP contribution in [0.15, 0.2) is 24.3 Å². The first-order valence-corrected chi connectivity index (χ1v) is 9.91. The molecule has 28 heavy (non-hydrogen) atoms. The van der Waals surface area contributed by atoms with Crippen LogP contribution in [0.4, 0.5) is 10.6 Å². The van der Waals surface area contributed by atoms with E-state index in [-0.39, 0.29) is 6.03 Å². The summed E-state index contributed by atoms with van der Waals surface area (Å²) in [6.45, 7) is 7.59. The molecular weight excluding hydrogens is 354 g/mol. The first-order valence-electron chi connectivity index (χ1n) is 9.91. The average molecular weight is 381 g/mol. The molecular formula is C21H27N5O2. The smallest absolute Gasteiger partial charge is 0.320 e. The molecule has 4 rings (SSSR count). The molecule has 2 aromatic rings. The van der Waals surface area contributed by atoms with Crippen LogP contribution in [0.5, 0.6) is 5.75 Å². The van der Waals surface area contributed by atoms with Crippen LogP contribution in [0.3, 0.4) is 0 Å². The molecule has 2 aliphatic rings. The van der Waals surface area contributed by atoms with Gasteiger partial charge in [-0.1, -0.05) is 6.92 Å². The minimum atomic E-state index is 0.110. The van der Waals surface area contributed by atoms with Crippen molar-refractivity contribution < 1.29 is 9.53 Å². The predicted molar refractivity (Wildman–Crippen MR) is 108 cm³/mol. The number of ether oxygens (including phenoxy) is 1. The Morgan fingerprint density at radius 2 is 1.93 bits per heavy atom. The number of hydrogen-bond acceptors (Lipinski definition) is 5. The Kier molecular flexibility index (Phi) is 5.07. The predicted octanol–water partition coefficient (Wildman–Crippen LogP) is 3.08. The number of piperidine rings is 1. The number of nitrogen functional groups attached to an aromatic ring is 1. The highest BCUT2D eigenvalue weighted by atomic mass is 16.5. The molecule has 0 unspecified atom stereocenters. The highest BCUT2D eigenvalue weighted by molar-refractivity contribution is 5.75. The average Bonchev–Trinajstić information content (AvgIpc) is 2.91. The van der Waals surface area contributed by atoms with Gasteiger partial charge in [-0.2, -0.15) is 0 Å². The van der Waals surface area contributed by atoms with E-state index in [4.69, 9.17) is 10.5 Å². The van der Waals surface area contributed by atoms with Crippen molar-refractivity contribution in [2.24, 2.45) is 5.92 Å². The van der Waals surface area contributed by atoms with E-state index in [1.807, 2.05) is 34.9 Å². The van der Waals surface area contributed by atoms with Gasteiger partial charge in [-0.15, -0.1) is 10.2 Å². The second-order valence-electron chi connectivity index (χ2n) is 7.85. The lowest BCUT2D eigenvalue weighted by atomic mass is 9.99. The zero-order valence-electron chi connectivity index (χ0n) is 16.5. The maximum Gasteiger partial charge on any atom is 0.320 e. The SMILES string of the molecule is Cc1cc(-c2ccc(N)nn2)cc2c1OCCN(C(=O)N1CCC(C)CC1)C2. The monoisotopic (exact) mass is 381 g/mol. The number of nitrogens with zero attached hydrogens (tertiary/aromatic N) is 4. The Hall–Kier alpha value is -2.83. The van der Waals surface area contributed by atoms with E-state index in [0.717, 1.165) is 54.1 Å². The third-order valence-corrected chi connectivity index (χ3v) is 5.63. The topological polar surface area (TPSA) is 84.6 Å². The molecule has 0 atom stereocenters. The van der Waals surface area contributed by atoms with Crippen molar-refractivity contribution in [2.45, 2.75) is 33.2 Å². The van der Waals surface area contributed by atoms with Crippen molar-refractivity contribution in [1.29, 1.82) is 0 Å². The molecule has 7 heteroatoms. The number of nitrogens with two attached hydrogens (primary N) is 1. The molecule has 0 radical (unpaired) electrons. The van der Waals surface area contributed by atoms with Crippen molar-refractivity contribution >= 4 is 11.8 Å². The Labute approximate surface area is 165 Å². The summed E-state index contributed by atoms with van der Waals surface area (Å²) in [6.07, 6.45) is 2.15. The third kappa shape index (κ3) is 3.74. The van der Waals surface area contributed by atoms with Crippen LogP contribution in [0.1, 0.15) is 30.9 Å². The summed E-state index contributed by atoms with van der Waals surface area (Å²) in [5, 5.41) is 8.14. The fourth-order valence-electron chi connectivity index (χ4n) is 3.92. The van der Waals surface area contributed by atoms with Gasteiger partial charge >= 0.3 is 6.03 Å². The fraction of sp³-hybridized carbons (Fsp3) is 0.476. The Morgan fingerprint density at radius 1 is 1.14 bits per heavy atom. The summed E-state index contributed by atoms with van der Waals surface area (Å²) >= 11 is 0. The largest absolute Gasteiger partial charge is 0.491 e. The summed E-state index contributed by atoms with van der Waals surface area (Å²) in [6, 6.07) is 7.81. The minimum absolute atomic E-state index is 0.110. The van der Waals surface area contributed by atoms with E-state index in [0.29, 0.717) is 31.4 Å². The van der Waals surface area contributed by atoms with E-state index >= 15 is 0 Å². The molecule has 1 fully saturated rings. The fourth-order valence-corrected chi connectivity index (χ4v) is 3.92. The van der Waals surface area contributed by atoms with Crippen molar-refractivity contribution in [3.63, 3.8) is 0 Å². The van der Waals surface area contributed by atoms with Crippen molar-refractivity contribution in [2.75, 3.05) is 32.0 Å². The number of carbonyl (C=O) groups is 1. The number of likely N-dealkylation sites (tertiary alicyclic amines) is 1. The van der Waals surface area contributed by atoms with Crippen molar-refractivity contribution in [3.8, 4) is 17.0 Å². The van der Waals surface area contributed by atoms with Gasteiger partial charge in [0.2, 0.25) is 0 Å². The lowest BCUT2D eigenvalue weighted by Gasteiger charge is -2.34. The number of carbonyl (C=O) groups excluding carboxylic acids is 1. The lowest BCUT2D eigenvalue weighted by Crippen LogP contribution is -2.46.